The Balaban J connectivity index is 1.51. The van der Waals surface area contributed by atoms with E-state index >= 15 is 0 Å². The topological polar surface area (TPSA) is 52.6 Å². The van der Waals surface area contributed by atoms with E-state index in [1.165, 1.54) is 18.4 Å². The van der Waals surface area contributed by atoms with Gasteiger partial charge in [-0.15, -0.1) is 0 Å². The van der Waals surface area contributed by atoms with Gasteiger partial charge in [0.2, 0.25) is 0 Å². The van der Waals surface area contributed by atoms with Crippen LogP contribution >= 0.6 is 0 Å². The van der Waals surface area contributed by atoms with Crippen LogP contribution in [-0.2, 0) is 19.1 Å². The second kappa shape index (κ2) is 7.74. The number of carbonyl (C=O) groups excluding carboxylic acids is 2. The van der Waals surface area contributed by atoms with Crippen LogP contribution in [0.4, 0.5) is 0 Å². The van der Waals surface area contributed by atoms with E-state index in [4.69, 9.17) is 9.47 Å². The fraction of sp³-hybridized carbons (Fsp3) is 0.840. The summed E-state index contributed by atoms with van der Waals surface area (Å²) in [4.78, 5) is 23.7. The Labute approximate surface area is 175 Å². The monoisotopic (exact) mass is 402 g/mol. The lowest BCUT2D eigenvalue weighted by molar-refractivity contribution is -0.159. The third kappa shape index (κ3) is 3.45. The first-order valence-electron chi connectivity index (χ1n) is 11.9. The quantitative estimate of drug-likeness (QED) is 0.454. The van der Waals surface area contributed by atoms with Crippen molar-refractivity contribution in [3.05, 3.63) is 11.6 Å². The number of esters is 2. The Morgan fingerprint density at radius 2 is 1.69 bits per heavy atom. The summed E-state index contributed by atoms with van der Waals surface area (Å²) in [5, 5.41) is 0. The summed E-state index contributed by atoms with van der Waals surface area (Å²) >= 11 is 0. The number of rotatable bonds is 4. The molecule has 162 valence electrons. The predicted octanol–water partition coefficient (Wildman–Crippen LogP) is 5.59. The van der Waals surface area contributed by atoms with Crippen molar-refractivity contribution >= 4 is 11.9 Å². The lowest BCUT2D eigenvalue weighted by Gasteiger charge is -2.57. The van der Waals surface area contributed by atoms with Crippen molar-refractivity contribution in [2.75, 3.05) is 0 Å². The first-order valence-corrected chi connectivity index (χ1v) is 11.9. The molecule has 29 heavy (non-hydrogen) atoms. The van der Waals surface area contributed by atoms with E-state index in [1.54, 1.807) is 0 Å². The first-order chi connectivity index (χ1) is 13.8. The van der Waals surface area contributed by atoms with Crippen molar-refractivity contribution in [3.63, 3.8) is 0 Å². The molecule has 4 heteroatoms. The van der Waals surface area contributed by atoms with Gasteiger partial charge in [0, 0.05) is 24.7 Å². The zero-order chi connectivity index (χ0) is 20.8. The summed E-state index contributed by atoms with van der Waals surface area (Å²) < 4.78 is 11.6. The van der Waals surface area contributed by atoms with Crippen molar-refractivity contribution in [2.24, 2.45) is 28.6 Å². The van der Waals surface area contributed by atoms with E-state index in [9.17, 15) is 9.59 Å². The first kappa shape index (κ1) is 20.9. The smallest absolute Gasteiger partial charge is 0.305 e. The second-order valence-electron chi connectivity index (χ2n) is 10.4. The maximum absolute atomic E-state index is 12.0. The molecule has 0 aromatic carbocycles. The Bertz CT molecular complexity index is 697. The molecule has 0 amide bonds. The van der Waals surface area contributed by atoms with E-state index in [0.29, 0.717) is 30.6 Å². The Morgan fingerprint density at radius 3 is 2.41 bits per heavy atom. The normalized spacial score (nSPS) is 43.4. The van der Waals surface area contributed by atoms with Gasteiger partial charge in [-0.25, -0.2) is 0 Å². The molecule has 0 aromatic rings. The number of allylic oxidation sites excluding steroid dienone is 1. The van der Waals surface area contributed by atoms with Gasteiger partial charge in [0.1, 0.15) is 12.2 Å². The summed E-state index contributed by atoms with van der Waals surface area (Å²) in [5.74, 6) is 1.95. The number of fused-ring (bicyclic) bond motifs is 5. The van der Waals surface area contributed by atoms with Crippen molar-refractivity contribution < 1.29 is 19.1 Å². The molecule has 7 atom stereocenters. The van der Waals surface area contributed by atoms with Crippen LogP contribution in [0.5, 0.6) is 0 Å². The second-order valence-corrected chi connectivity index (χ2v) is 10.4. The molecule has 0 radical (unpaired) electrons. The fourth-order valence-electron chi connectivity index (χ4n) is 7.38. The van der Waals surface area contributed by atoms with Crippen LogP contribution in [0.1, 0.15) is 91.9 Å². The highest BCUT2D eigenvalue weighted by Crippen LogP contribution is 2.65. The Morgan fingerprint density at radius 1 is 0.966 bits per heavy atom. The molecule has 3 saturated carbocycles. The standard InChI is InChI=1S/C25H38O4/c1-5-22(26)28-17-11-13-24(3)16(15-17)7-8-18-19-9-10-21(29-23(27)6-2)25(19,4)14-12-20(18)24/h7,17-21H,5-6,8-15H2,1-4H3/t17-,18+,19-,20-,21+,24+,25+/m1/s1. The zero-order valence-electron chi connectivity index (χ0n) is 18.7. The molecule has 0 aliphatic heterocycles. The highest BCUT2D eigenvalue weighted by molar-refractivity contribution is 5.69. The van der Waals surface area contributed by atoms with Crippen molar-refractivity contribution in [2.45, 2.75) is 104 Å². The molecular weight excluding hydrogens is 364 g/mol. The van der Waals surface area contributed by atoms with Crippen LogP contribution in [-0.4, -0.2) is 24.1 Å². The van der Waals surface area contributed by atoms with Crippen LogP contribution in [0.3, 0.4) is 0 Å². The van der Waals surface area contributed by atoms with Crippen LogP contribution in [0.25, 0.3) is 0 Å². The maximum atomic E-state index is 12.0. The lowest BCUT2D eigenvalue weighted by atomic mass is 9.48. The van der Waals surface area contributed by atoms with E-state index < -0.39 is 0 Å². The number of carbonyl (C=O) groups is 2. The van der Waals surface area contributed by atoms with Gasteiger partial charge in [0.15, 0.2) is 0 Å². The number of hydrogen-bond donors (Lipinski definition) is 0. The Hall–Kier alpha value is -1.32. The summed E-state index contributed by atoms with van der Waals surface area (Å²) in [7, 11) is 0. The average Bonchev–Trinajstić information content (AvgIpc) is 3.04. The van der Waals surface area contributed by atoms with Gasteiger partial charge in [-0.05, 0) is 68.1 Å². The van der Waals surface area contributed by atoms with Crippen LogP contribution in [0, 0.1) is 28.6 Å². The van der Waals surface area contributed by atoms with Crippen molar-refractivity contribution in [1.82, 2.24) is 0 Å². The minimum atomic E-state index is -0.0695. The third-order valence-electron chi connectivity index (χ3n) is 9.12. The van der Waals surface area contributed by atoms with Gasteiger partial charge in [0.25, 0.3) is 0 Å². The average molecular weight is 403 g/mol. The molecule has 0 heterocycles. The molecule has 0 unspecified atom stereocenters. The van der Waals surface area contributed by atoms with Crippen molar-refractivity contribution in [3.8, 4) is 0 Å². The van der Waals surface area contributed by atoms with E-state index in [2.05, 4.69) is 19.9 Å². The summed E-state index contributed by atoms with van der Waals surface area (Å²) in [6, 6.07) is 0. The van der Waals surface area contributed by atoms with E-state index in [-0.39, 0.29) is 35.0 Å². The minimum absolute atomic E-state index is 0.0447. The molecule has 0 N–H and O–H groups in total. The molecule has 4 rings (SSSR count). The predicted molar refractivity (Wildman–Crippen MR) is 112 cm³/mol. The molecule has 0 aromatic heterocycles. The highest BCUT2D eigenvalue weighted by Gasteiger charge is 2.59. The van der Waals surface area contributed by atoms with Crippen LogP contribution in [0.15, 0.2) is 11.6 Å². The fourth-order valence-corrected chi connectivity index (χ4v) is 7.38. The molecule has 0 bridgehead atoms. The van der Waals surface area contributed by atoms with Gasteiger partial charge in [-0.3, -0.25) is 9.59 Å². The maximum Gasteiger partial charge on any atom is 0.305 e. The molecule has 3 fully saturated rings. The molecular formula is C25H38O4. The van der Waals surface area contributed by atoms with E-state index in [1.807, 2.05) is 13.8 Å². The van der Waals surface area contributed by atoms with Gasteiger partial charge >= 0.3 is 11.9 Å². The molecule has 4 nitrogen and oxygen atoms in total. The highest BCUT2D eigenvalue weighted by atomic mass is 16.5. The number of ether oxygens (including phenoxy) is 2. The molecule has 0 spiro atoms. The molecule has 4 aliphatic carbocycles. The van der Waals surface area contributed by atoms with Gasteiger partial charge in [-0.2, -0.15) is 0 Å². The van der Waals surface area contributed by atoms with Gasteiger partial charge < -0.3 is 9.47 Å². The van der Waals surface area contributed by atoms with Crippen LogP contribution < -0.4 is 0 Å². The van der Waals surface area contributed by atoms with Crippen molar-refractivity contribution in [1.29, 1.82) is 0 Å². The Kier molecular flexibility index (Phi) is 5.59. The third-order valence-corrected chi connectivity index (χ3v) is 9.12. The molecule has 0 saturated heterocycles. The van der Waals surface area contributed by atoms with E-state index in [0.717, 1.165) is 38.5 Å². The van der Waals surface area contributed by atoms with Gasteiger partial charge in [-0.1, -0.05) is 39.3 Å². The lowest BCUT2D eigenvalue weighted by Crippen LogP contribution is -2.51. The minimum Gasteiger partial charge on any atom is -0.462 e. The van der Waals surface area contributed by atoms with Crippen LogP contribution in [0.2, 0.25) is 0 Å². The summed E-state index contributed by atoms with van der Waals surface area (Å²) in [5.41, 5.74) is 1.92. The SMILES string of the molecule is CCC(=O)O[C@@H]1CC[C@@]2(C)C(=CC[C@H]3[C@H]4CC[C@H](OC(=O)CC)[C@@]4(C)CC[C@H]32)C1. The summed E-state index contributed by atoms with van der Waals surface area (Å²) in [6.45, 7) is 8.61. The molecule has 4 aliphatic rings. The largest absolute Gasteiger partial charge is 0.462 e. The number of hydrogen-bond acceptors (Lipinski definition) is 4. The summed E-state index contributed by atoms with van der Waals surface area (Å²) in [6.07, 6.45) is 12.4. The zero-order valence-corrected chi connectivity index (χ0v) is 18.7. The van der Waals surface area contributed by atoms with Gasteiger partial charge in [0.05, 0.1) is 0 Å².